The number of aliphatic hydroxyl groups excluding tert-OH is 1. The Balaban J connectivity index is 2.04. The van der Waals surface area contributed by atoms with Gasteiger partial charge in [0.05, 0.1) is 16.8 Å². The van der Waals surface area contributed by atoms with Crippen molar-refractivity contribution in [3.05, 3.63) is 64.7 Å². The van der Waals surface area contributed by atoms with Gasteiger partial charge >= 0.3 is 0 Å². The maximum absolute atomic E-state index is 13.1. The number of hydrogen-bond donors (Lipinski definition) is 2. The molecular formula is C18H20ClNO3S. The molecule has 2 aromatic rings. The Morgan fingerprint density at radius 2 is 1.71 bits per heavy atom. The highest BCUT2D eigenvalue weighted by Crippen LogP contribution is 2.63. The predicted molar refractivity (Wildman–Crippen MR) is 94.9 cm³/mol. The molecule has 1 aliphatic rings. The van der Waals surface area contributed by atoms with E-state index in [-0.39, 0.29) is 24.0 Å². The molecule has 0 saturated heterocycles. The molecule has 3 N–H and O–H groups in total. The van der Waals surface area contributed by atoms with Gasteiger partial charge in [0.1, 0.15) is 0 Å². The first kappa shape index (κ1) is 17.4. The van der Waals surface area contributed by atoms with Crippen LogP contribution in [0.3, 0.4) is 0 Å². The van der Waals surface area contributed by atoms with Crippen LogP contribution in [0.15, 0.2) is 53.4 Å². The van der Waals surface area contributed by atoms with Gasteiger partial charge in [0.15, 0.2) is 9.84 Å². The van der Waals surface area contributed by atoms with Crippen LogP contribution in [-0.4, -0.2) is 31.9 Å². The minimum Gasteiger partial charge on any atom is -0.396 e. The number of aryl methyl sites for hydroxylation is 1. The zero-order chi connectivity index (χ0) is 17.5. The van der Waals surface area contributed by atoms with Crippen LogP contribution in [0.1, 0.15) is 17.0 Å². The summed E-state index contributed by atoms with van der Waals surface area (Å²) >= 11 is 5.92. The number of halogens is 1. The van der Waals surface area contributed by atoms with E-state index in [0.717, 1.165) is 11.1 Å². The van der Waals surface area contributed by atoms with E-state index < -0.39 is 20.5 Å². The van der Waals surface area contributed by atoms with Crippen LogP contribution in [0, 0.1) is 12.3 Å². The molecule has 3 rings (SSSR count). The monoisotopic (exact) mass is 365 g/mol. The molecule has 0 amide bonds. The Morgan fingerprint density at radius 1 is 1.12 bits per heavy atom. The summed E-state index contributed by atoms with van der Waals surface area (Å²) in [6.45, 7) is 1.74. The van der Waals surface area contributed by atoms with Crippen LogP contribution in [0.2, 0.25) is 5.02 Å². The molecule has 4 nitrogen and oxygen atoms in total. The lowest BCUT2D eigenvalue weighted by Crippen LogP contribution is -2.27. The fraction of sp³-hybridized carbons (Fsp3) is 0.333. The van der Waals surface area contributed by atoms with Crippen LogP contribution >= 0.6 is 11.6 Å². The van der Waals surface area contributed by atoms with Gasteiger partial charge in [0.25, 0.3) is 0 Å². The van der Waals surface area contributed by atoms with Gasteiger partial charge in [-0.15, -0.1) is 0 Å². The van der Waals surface area contributed by atoms with Crippen molar-refractivity contribution in [1.82, 2.24) is 0 Å². The molecule has 0 radical (unpaired) electrons. The Morgan fingerprint density at radius 3 is 2.21 bits per heavy atom. The second-order valence-electron chi connectivity index (χ2n) is 6.40. The highest BCUT2D eigenvalue weighted by atomic mass is 35.5. The van der Waals surface area contributed by atoms with Crippen LogP contribution in [0.5, 0.6) is 0 Å². The molecule has 0 unspecified atom stereocenters. The largest absolute Gasteiger partial charge is 0.396 e. The van der Waals surface area contributed by atoms with Crippen LogP contribution in [0.4, 0.5) is 0 Å². The van der Waals surface area contributed by atoms with Crippen molar-refractivity contribution in [3.8, 4) is 0 Å². The van der Waals surface area contributed by atoms with Crippen molar-refractivity contribution in [1.29, 1.82) is 0 Å². The molecule has 3 atom stereocenters. The van der Waals surface area contributed by atoms with Gasteiger partial charge in [-0.3, -0.25) is 0 Å². The van der Waals surface area contributed by atoms with E-state index in [2.05, 4.69) is 0 Å². The number of nitrogens with two attached hydrogens (primary N) is 1. The molecule has 0 bridgehead atoms. The van der Waals surface area contributed by atoms with Crippen molar-refractivity contribution in [3.63, 3.8) is 0 Å². The van der Waals surface area contributed by atoms with E-state index in [1.54, 1.807) is 48.5 Å². The molecular weight excluding hydrogens is 346 g/mol. The van der Waals surface area contributed by atoms with Crippen LogP contribution in [0.25, 0.3) is 0 Å². The first-order valence-electron chi connectivity index (χ1n) is 7.74. The SMILES string of the molecule is Cc1ccc(S(=O)(=O)[C@@H]2[C@H](c3ccc(Cl)cc3)[C@@]2(CN)CO)cc1. The number of rotatable bonds is 5. The second-order valence-corrected chi connectivity index (χ2v) is 8.91. The maximum Gasteiger partial charge on any atom is 0.182 e. The first-order chi connectivity index (χ1) is 11.4. The molecule has 1 fully saturated rings. The van der Waals surface area contributed by atoms with Gasteiger partial charge in [-0.1, -0.05) is 41.4 Å². The number of benzene rings is 2. The average Bonchev–Trinajstić information content (AvgIpc) is 3.26. The van der Waals surface area contributed by atoms with Gasteiger partial charge in [0.2, 0.25) is 0 Å². The lowest BCUT2D eigenvalue weighted by molar-refractivity contribution is 0.212. The number of hydrogen-bond acceptors (Lipinski definition) is 4. The van der Waals surface area contributed by atoms with E-state index >= 15 is 0 Å². The minimum absolute atomic E-state index is 0.104. The summed E-state index contributed by atoms with van der Waals surface area (Å²) in [6.07, 6.45) is 0. The van der Waals surface area contributed by atoms with Crippen LogP contribution in [-0.2, 0) is 9.84 Å². The van der Waals surface area contributed by atoms with Gasteiger partial charge in [-0.05, 0) is 36.8 Å². The Labute approximate surface area is 147 Å². The molecule has 24 heavy (non-hydrogen) atoms. The topological polar surface area (TPSA) is 80.4 Å². The summed E-state index contributed by atoms with van der Waals surface area (Å²) < 4.78 is 26.2. The normalized spacial score (nSPS) is 26.3. The summed E-state index contributed by atoms with van der Waals surface area (Å²) in [7, 11) is -3.59. The zero-order valence-electron chi connectivity index (χ0n) is 13.3. The van der Waals surface area contributed by atoms with E-state index in [9.17, 15) is 13.5 Å². The lowest BCUT2D eigenvalue weighted by atomic mass is 10.0. The number of sulfone groups is 1. The summed E-state index contributed by atoms with van der Waals surface area (Å²) in [4.78, 5) is 0.265. The number of aliphatic hydroxyl groups is 1. The maximum atomic E-state index is 13.1. The van der Waals surface area contributed by atoms with E-state index in [1.165, 1.54) is 0 Å². The molecule has 0 heterocycles. The highest BCUT2D eigenvalue weighted by molar-refractivity contribution is 7.92. The van der Waals surface area contributed by atoms with E-state index in [0.29, 0.717) is 5.02 Å². The molecule has 1 aliphatic carbocycles. The molecule has 0 spiro atoms. The second kappa shape index (κ2) is 6.15. The molecule has 0 aliphatic heterocycles. The van der Waals surface area contributed by atoms with Crippen molar-refractivity contribution in [2.24, 2.45) is 11.1 Å². The highest BCUT2D eigenvalue weighted by Gasteiger charge is 2.70. The third kappa shape index (κ3) is 2.65. The van der Waals surface area contributed by atoms with E-state index in [1.807, 2.05) is 6.92 Å². The van der Waals surface area contributed by atoms with Crippen LogP contribution < -0.4 is 5.73 Å². The third-order valence-electron chi connectivity index (χ3n) is 4.97. The van der Waals surface area contributed by atoms with Gasteiger partial charge in [-0.2, -0.15) is 0 Å². The molecule has 2 aromatic carbocycles. The van der Waals surface area contributed by atoms with Gasteiger partial charge in [-0.25, -0.2) is 8.42 Å². The quantitative estimate of drug-likeness (QED) is 0.853. The fourth-order valence-corrected chi connectivity index (χ4v) is 6.07. The summed E-state index contributed by atoms with van der Waals surface area (Å²) in [5, 5.41) is 9.75. The van der Waals surface area contributed by atoms with Crippen molar-refractivity contribution in [2.45, 2.75) is 23.0 Å². The van der Waals surface area contributed by atoms with Crippen molar-refractivity contribution in [2.75, 3.05) is 13.2 Å². The smallest absolute Gasteiger partial charge is 0.182 e. The third-order valence-corrected chi connectivity index (χ3v) is 7.56. The average molecular weight is 366 g/mol. The molecule has 0 aromatic heterocycles. The lowest BCUT2D eigenvalue weighted by Gasteiger charge is -2.12. The standard InChI is InChI=1S/C18H20ClNO3S/c1-12-2-8-15(9-3-12)24(22,23)17-16(18(17,10-20)11-21)13-4-6-14(19)7-5-13/h2-9,16-17,21H,10-11,20H2,1H3/t16-,17+,18+/m0/s1. The van der Waals surface area contributed by atoms with Gasteiger partial charge in [0, 0.05) is 22.9 Å². The van der Waals surface area contributed by atoms with Crippen molar-refractivity contribution < 1.29 is 13.5 Å². The Bertz CT molecular complexity index is 828. The fourth-order valence-electron chi connectivity index (χ4n) is 3.49. The molecule has 128 valence electrons. The summed E-state index contributed by atoms with van der Waals surface area (Å²) in [5.74, 6) is -0.337. The predicted octanol–water partition coefficient (Wildman–Crippen LogP) is 2.53. The first-order valence-corrected chi connectivity index (χ1v) is 9.66. The molecule has 1 saturated carbocycles. The Hall–Kier alpha value is -1.40. The Kier molecular flexibility index (Phi) is 4.47. The van der Waals surface area contributed by atoms with Gasteiger partial charge < -0.3 is 10.8 Å². The zero-order valence-corrected chi connectivity index (χ0v) is 14.9. The summed E-state index contributed by atoms with van der Waals surface area (Å²) in [6, 6.07) is 13.8. The minimum atomic E-state index is -3.59. The van der Waals surface area contributed by atoms with E-state index in [4.69, 9.17) is 17.3 Å². The van der Waals surface area contributed by atoms with Crippen molar-refractivity contribution >= 4 is 21.4 Å². The summed E-state index contributed by atoms with van der Waals surface area (Å²) in [5.41, 5.74) is 6.85. The molecule has 6 heteroatoms.